The maximum absolute atomic E-state index is 12.3. The summed E-state index contributed by atoms with van der Waals surface area (Å²) in [6.45, 7) is 1.88. The van der Waals surface area contributed by atoms with Crippen LogP contribution in [-0.2, 0) is 6.42 Å². The average Bonchev–Trinajstić information content (AvgIpc) is 2.61. The minimum atomic E-state index is -0.286. The van der Waals surface area contributed by atoms with Crippen molar-refractivity contribution >= 4 is 23.2 Å². The summed E-state index contributed by atoms with van der Waals surface area (Å²) in [5.41, 5.74) is 2.59. The Morgan fingerprint density at radius 2 is 1.96 bits per heavy atom. The van der Waals surface area contributed by atoms with Crippen molar-refractivity contribution < 1.29 is 4.74 Å². The molecule has 0 unspecified atom stereocenters. The quantitative estimate of drug-likeness (QED) is 0.731. The lowest BCUT2D eigenvalue weighted by Gasteiger charge is -2.12. The maximum Gasteiger partial charge on any atom is 0.274 e. The van der Waals surface area contributed by atoms with Gasteiger partial charge in [-0.3, -0.25) is 9.78 Å². The molecule has 2 aromatic carbocycles. The fraction of sp³-hybridized carbons (Fsp3) is 0.167. The Labute approximate surface area is 149 Å². The standard InChI is InChI=1S/C18H17ClN4O2/c1-11-8-14(16(25-2)10-13(11)19)20-18-21-17(24)15(22-23-18)9-12-6-4-3-5-7-12/h3-8,10H,9H2,1-2H3,(H2,20,21,23,24). The van der Waals surface area contributed by atoms with Gasteiger partial charge in [0.25, 0.3) is 5.56 Å². The Bertz CT molecular complexity index is 942. The highest BCUT2D eigenvalue weighted by Crippen LogP contribution is 2.32. The fourth-order valence-electron chi connectivity index (χ4n) is 2.38. The molecule has 0 fully saturated rings. The van der Waals surface area contributed by atoms with Crippen LogP contribution in [0.1, 0.15) is 16.8 Å². The van der Waals surface area contributed by atoms with Crippen molar-refractivity contribution in [2.75, 3.05) is 12.4 Å². The minimum absolute atomic E-state index is 0.238. The van der Waals surface area contributed by atoms with Gasteiger partial charge in [-0.05, 0) is 24.1 Å². The van der Waals surface area contributed by atoms with E-state index in [0.717, 1.165) is 11.1 Å². The Morgan fingerprint density at radius 3 is 2.64 bits per heavy atom. The van der Waals surface area contributed by atoms with Crippen LogP contribution in [0.3, 0.4) is 0 Å². The van der Waals surface area contributed by atoms with Gasteiger partial charge in [0.1, 0.15) is 11.4 Å². The van der Waals surface area contributed by atoms with Gasteiger partial charge in [-0.2, -0.15) is 0 Å². The van der Waals surface area contributed by atoms with Crippen molar-refractivity contribution in [2.24, 2.45) is 0 Å². The first kappa shape index (κ1) is 17.0. The molecule has 128 valence electrons. The van der Waals surface area contributed by atoms with Crippen LogP contribution in [0.4, 0.5) is 11.6 Å². The van der Waals surface area contributed by atoms with Crippen LogP contribution in [-0.4, -0.2) is 22.3 Å². The van der Waals surface area contributed by atoms with Crippen LogP contribution >= 0.6 is 11.6 Å². The number of aromatic amines is 1. The number of halogens is 1. The molecule has 0 atom stereocenters. The SMILES string of the molecule is COc1cc(Cl)c(C)cc1Nc1nnc(Cc2ccccc2)c(=O)[nH]1. The second-order valence-electron chi connectivity index (χ2n) is 5.54. The third-order valence-corrected chi connectivity index (χ3v) is 4.12. The zero-order valence-electron chi connectivity index (χ0n) is 13.8. The first-order valence-electron chi connectivity index (χ1n) is 7.68. The number of benzene rings is 2. The number of nitrogens with zero attached hydrogens (tertiary/aromatic N) is 2. The summed E-state index contributed by atoms with van der Waals surface area (Å²) in [5, 5.41) is 11.7. The molecule has 7 heteroatoms. The highest BCUT2D eigenvalue weighted by atomic mass is 35.5. The highest BCUT2D eigenvalue weighted by Gasteiger charge is 2.10. The number of aryl methyl sites for hydroxylation is 1. The zero-order valence-corrected chi connectivity index (χ0v) is 14.6. The summed E-state index contributed by atoms with van der Waals surface area (Å²) < 4.78 is 5.30. The van der Waals surface area contributed by atoms with E-state index in [4.69, 9.17) is 16.3 Å². The van der Waals surface area contributed by atoms with E-state index < -0.39 is 0 Å². The Balaban J connectivity index is 1.84. The van der Waals surface area contributed by atoms with Crippen molar-refractivity contribution in [1.29, 1.82) is 0 Å². The molecule has 0 aliphatic heterocycles. The molecule has 0 bridgehead atoms. The van der Waals surface area contributed by atoms with E-state index >= 15 is 0 Å². The van der Waals surface area contributed by atoms with Crippen molar-refractivity contribution in [3.63, 3.8) is 0 Å². The summed E-state index contributed by atoms with van der Waals surface area (Å²) in [6, 6.07) is 13.2. The number of hydrogen-bond donors (Lipinski definition) is 2. The molecule has 1 aromatic heterocycles. The Morgan fingerprint density at radius 1 is 1.20 bits per heavy atom. The second kappa shape index (κ2) is 7.36. The monoisotopic (exact) mass is 356 g/mol. The van der Waals surface area contributed by atoms with Gasteiger partial charge in [-0.15, -0.1) is 10.2 Å². The summed E-state index contributed by atoms with van der Waals surface area (Å²) >= 11 is 6.10. The smallest absolute Gasteiger partial charge is 0.274 e. The summed E-state index contributed by atoms with van der Waals surface area (Å²) in [4.78, 5) is 15.0. The van der Waals surface area contributed by atoms with Gasteiger partial charge in [0.2, 0.25) is 5.95 Å². The third kappa shape index (κ3) is 3.97. The van der Waals surface area contributed by atoms with Gasteiger partial charge >= 0.3 is 0 Å². The molecule has 1 heterocycles. The van der Waals surface area contributed by atoms with Crippen molar-refractivity contribution in [2.45, 2.75) is 13.3 Å². The number of methoxy groups -OCH3 is 1. The third-order valence-electron chi connectivity index (χ3n) is 3.71. The van der Waals surface area contributed by atoms with E-state index in [-0.39, 0.29) is 11.5 Å². The average molecular weight is 357 g/mol. The lowest BCUT2D eigenvalue weighted by Crippen LogP contribution is -2.19. The number of rotatable bonds is 5. The van der Waals surface area contributed by atoms with Gasteiger partial charge < -0.3 is 10.1 Å². The molecular formula is C18H17ClN4O2. The zero-order chi connectivity index (χ0) is 17.8. The van der Waals surface area contributed by atoms with Crippen LogP contribution in [0.15, 0.2) is 47.3 Å². The Hall–Kier alpha value is -2.86. The largest absolute Gasteiger partial charge is 0.495 e. The molecule has 0 radical (unpaired) electrons. The molecule has 6 nitrogen and oxygen atoms in total. The van der Waals surface area contributed by atoms with Crippen LogP contribution in [0, 0.1) is 6.92 Å². The molecular weight excluding hydrogens is 340 g/mol. The molecule has 3 aromatic rings. The summed E-state index contributed by atoms with van der Waals surface area (Å²) in [7, 11) is 1.55. The highest BCUT2D eigenvalue weighted by molar-refractivity contribution is 6.31. The lowest BCUT2D eigenvalue weighted by atomic mass is 10.1. The van der Waals surface area contributed by atoms with Gasteiger partial charge in [-0.1, -0.05) is 41.9 Å². The van der Waals surface area contributed by atoms with Crippen LogP contribution in [0.25, 0.3) is 0 Å². The number of ether oxygens (including phenoxy) is 1. The predicted octanol–water partition coefficient (Wildman–Crippen LogP) is 3.47. The molecule has 0 aliphatic carbocycles. The van der Waals surface area contributed by atoms with E-state index in [1.165, 1.54) is 0 Å². The maximum atomic E-state index is 12.3. The number of H-pyrrole nitrogens is 1. The topological polar surface area (TPSA) is 79.9 Å². The summed E-state index contributed by atoms with van der Waals surface area (Å²) in [5.74, 6) is 0.786. The first-order valence-corrected chi connectivity index (χ1v) is 8.05. The lowest BCUT2D eigenvalue weighted by molar-refractivity contribution is 0.416. The van der Waals surface area contributed by atoms with Crippen molar-refractivity contribution in [3.05, 3.63) is 74.7 Å². The van der Waals surface area contributed by atoms with Gasteiger partial charge in [0.05, 0.1) is 12.8 Å². The molecule has 0 saturated carbocycles. The molecule has 3 rings (SSSR count). The van der Waals surface area contributed by atoms with E-state index in [2.05, 4.69) is 20.5 Å². The second-order valence-corrected chi connectivity index (χ2v) is 5.95. The number of aromatic nitrogens is 3. The van der Waals surface area contributed by atoms with Crippen LogP contribution in [0.5, 0.6) is 5.75 Å². The first-order chi connectivity index (χ1) is 12.1. The van der Waals surface area contributed by atoms with Crippen LogP contribution < -0.4 is 15.6 Å². The fourth-order valence-corrected chi connectivity index (χ4v) is 2.53. The minimum Gasteiger partial charge on any atom is -0.495 e. The summed E-state index contributed by atoms with van der Waals surface area (Å²) in [6.07, 6.45) is 0.423. The van der Waals surface area contributed by atoms with Crippen molar-refractivity contribution in [3.8, 4) is 5.75 Å². The van der Waals surface area contributed by atoms with Gasteiger partial charge in [0.15, 0.2) is 0 Å². The van der Waals surface area contributed by atoms with E-state index in [1.54, 1.807) is 13.2 Å². The number of nitrogens with one attached hydrogen (secondary N) is 2. The normalized spacial score (nSPS) is 10.5. The molecule has 2 N–H and O–H groups in total. The van der Waals surface area contributed by atoms with E-state index in [0.29, 0.717) is 28.6 Å². The number of anilines is 2. The molecule has 0 amide bonds. The van der Waals surface area contributed by atoms with Gasteiger partial charge in [-0.25, -0.2) is 0 Å². The van der Waals surface area contributed by atoms with E-state index in [9.17, 15) is 4.79 Å². The number of hydrogen-bond acceptors (Lipinski definition) is 5. The van der Waals surface area contributed by atoms with Gasteiger partial charge in [0, 0.05) is 17.5 Å². The predicted molar refractivity (Wildman–Crippen MR) is 97.9 cm³/mol. The van der Waals surface area contributed by atoms with Crippen LogP contribution in [0.2, 0.25) is 5.02 Å². The molecule has 0 spiro atoms. The molecule has 0 aliphatic rings. The van der Waals surface area contributed by atoms with E-state index in [1.807, 2.05) is 43.3 Å². The molecule has 25 heavy (non-hydrogen) atoms. The van der Waals surface area contributed by atoms with Crippen molar-refractivity contribution in [1.82, 2.24) is 15.2 Å². The molecule has 0 saturated heterocycles. The Kier molecular flexibility index (Phi) is 5.00.